The number of aromatic nitrogens is 2. The lowest BCUT2D eigenvalue weighted by molar-refractivity contribution is -0.156. The predicted octanol–water partition coefficient (Wildman–Crippen LogP) is 7.30. The van der Waals surface area contributed by atoms with Gasteiger partial charge < -0.3 is 9.84 Å². The van der Waals surface area contributed by atoms with Crippen molar-refractivity contribution in [3.63, 3.8) is 0 Å². The molecule has 2 unspecified atom stereocenters. The first-order valence-electron chi connectivity index (χ1n) is 13.9. The number of hydrogen-bond donors (Lipinski definition) is 1. The molecule has 1 N–H and O–H groups in total. The first-order chi connectivity index (χ1) is 19.7. The number of ether oxygens (including phenoxy) is 1. The van der Waals surface area contributed by atoms with Gasteiger partial charge >= 0.3 is 5.97 Å². The van der Waals surface area contributed by atoms with Crippen LogP contribution in [-0.4, -0.2) is 33.1 Å². The van der Waals surface area contributed by atoms with Crippen molar-refractivity contribution in [1.82, 2.24) is 9.78 Å². The molecule has 40 heavy (non-hydrogen) atoms. The van der Waals surface area contributed by atoms with Gasteiger partial charge in [-0.3, -0.25) is 4.68 Å². The standard InChI is InChI=1S/C35H32N2O3/c38-35(39)31(40-30-22-12-21-25-13-10-11-20-29(25)23-30)24-37-34(28-18-8-3-9-19-28)32(26-14-4-1-5-15-26)33(36-37)27-16-6-2-7-17-27/h1-11,13-20,30-31H,12,21-24H2,(H,38,39). The molecular formula is C35H32N2O3. The maximum absolute atomic E-state index is 12.6. The molecule has 1 heterocycles. The van der Waals surface area contributed by atoms with Crippen LogP contribution in [0.15, 0.2) is 115 Å². The third-order valence-corrected chi connectivity index (χ3v) is 7.62. The van der Waals surface area contributed by atoms with Crippen LogP contribution >= 0.6 is 0 Å². The normalized spacial score (nSPS) is 15.7. The van der Waals surface area contributed by atoms with E-state index >= 15 is 0 Å². The van der Waals surface area contributed by atoms with Crippen LogP contribution < -0.4 is 0 Å². The zero-order valence-corrected chi connectivity index (χ0v) is 22.3. The van der Waals surface area contributed by atoms with E-state index < -0.39 is 12.1 Å². The first kappa shape index (κ1) is 25.8. The van der Waals surface area contributed by atoms with Crippen molar-refractivity contribution in [2.45, 2.75) is 44.4 Å². The molecule has 0 bridgehead atoms. The summed E-state index contributed by atoms with van der Waals surface area (Å²) >= 11 is 0. The quantitative estimate of drug-likeness (QED) is 0.215. The Bertz CT molecular complexity index is 1580. The van der Waals surface area contributed by atoms with Crippen molar-refractivity contribution in [2.24, 2.45) is 0 Å². The summed E-state index contributed by atoms with van der Waals surface area (Å²) in [4.78, 5) is 12.6. The zero-order chi connectivity index (χ0) is 27.3. The van der Waals surface area contributed by atoms with Gasteiger partial charge in [0.05, 0.1) is 18.3 Å². The number of hydrogen-bond acceptors (Lipinski definition) is 3. The molecule has 1 aromatic heterocycles. The van der Waals surface area contributed by atoms with Crippen molar-refractivity contribution in [3.05, 3.63) is 126 Å². The Labute approximate surface area is 234 Å². The molecule has 0 radical (unpaired) electrons. The number of benzene rings is 4. The second kappa shape index (κ2) is 11.7. The van der Waals surface area contributed by atoms with Gasteiger partial charge in [0, 0.05) is 16.7 Å². The highest BCUT2D eigenvalue weighted by Crippen LogP contribution is 2.40. The van der Waals surface area contributed by atoms with Gasteiger partial charge in [-0.1, -0.05) is 115 Å². The van der Waals surface area contributed by atoms with Gasteiger partial charge in [0.2, 0.25) is 0 Å². The van der Waals surface area contributed by atoms with Crippen LogP contribution in [0.1, 0.15) is 24.0 Å². The molecule has 0 saturated heterocycles. The number of carbonyl (C=O) groups is 1. The van der Waals surface area contributed by atoms with Crippen molar-refractivity contribution in [1.29, 1.82) is 0 Å². The molecule has 4 aromatic carbocycles. The first-order valence-corrected chi connectivity index (χ1v) is 13.9. The highest BCUT2D eigenvalue weighted by atomic mass is 16.5. The van der Waals surface area contributed by atoms with Gasteiger partial charge in [-0.2, -0.15) is 5.10 Å². The van der Waals surface area contributed by atoms with E-state index in [1.54, 1.807) is 0 Å². The van der Waals surface area contributed by atoms with Gasteiger partial charge in [0.25, 0.3) is 0 Å². The minimum absolute atomic E-state index is 0.102. The summed E-state index contributed by atoms with van der Waals surface area (Å²) in [6.07, 6.45) is 2.31. The summed E-state index contributed by atoms with van der Waals surface area (Å²) < 4.78 is 8.22. The summed E-state index contributed by atoms with van der Waals surface area (Å²) in [5, 5.41) is 15.4. The van der Waals surface area contributed by atoms with Crippen LogP contribution in [0, 0.1) is 0 Å². The molecule has 1 aliphatic carbocycles. The van der Waals surface area contributed by atoms with Crippen LogP contribution in [0.25, 0.3) is 33.6 Å². The van der Waals surface area contributed by atoms with Gasteiger partial charge in [0.1, 0.15) is 5.69 Å². The number of carboxylic acids is 1. The molecule has 5 aromatic rings. The van der Waals surface area contributed by atoms with Crippen LogP contribution in [0.5, 0.6) is 0 Å². The Kier molecular flexibility index (Phi) is 7.56. The smallest absolute Gasteiger partial charge is 0.334 e. The van der Waals surface area contributed by atoms with Crippen molar-refractivity contribution in [3.8, 4) is 33.6 Å². The Morgan fingerprint density at radius 1 is 0.800 bits per heavy atom. The van der Waals surface area contributed by atoms with Gasteiger partial charge in [0.15, 0.2) is 6.10 Å². The highest BCUT2D eigenvalue weighted by molar-refractivity contribution is 5.91. The molecule has 5 nitrogen and oxygen atoms in total. The van der Waals surface area contributed by atoms with Crippen molar-refractivity contribution in [2.75, 3.05) is 0 Å². The largest absolute Gasteiger partial charge is 0.479 e. The average Bonchev–Trinajstić information content (AvgIpc) is 3.25. The molecule has 0 aliphatic heterocycles. The number of rotatable bonds is 8. The fourth-order valence-electron chi connectivity index (χ4n) is 5.71. The Balaban J connectivity index is 1.43. The number of nitrogens with zero attached hydrogens (tertiary/aromatic N) is 2. The molecule has 2 atom stereocenters. The monoisotopic (exact) mass is 528 g/mol. The maximum atomic E-state index is 12.6. The van der Waals surface area contributed by atoms with E-state index in [4.69, 9.17) is 9.84 Å². The summed E-state index contributed by atoms with van der Waals surface area (Å²) in [6, 6.07) is 38.7. The fourth-order valence-corrected chi connectivity index (χ4v) is 5.71. The third kappa shape index (κ3) is 5.47. The molecule has 1 aliphatic rings. The molecule has 0 saturated carbocycles. The molecule has 5 heteroatoms. The van der Waals surface area contributed by atoms with Crippen LogP contribution in [0.4, 0.5) is 0 Å². The van der Waals surface area contributed by atoms with Crippen molar-refractivity contribution >= 4 is 5.97 Å². The molecule has 0 fully saturated rings. The average molecular weight is 529 g/mol. The lowest BCUT2D eigenvalue weighted by Gasteiger charge is -2.22. The van der Waals surface area contributed by atoms with Crippen LogP contribution in [0.2, 0.25) is 0 Å². The molecular weight excluding hydrogens is 496 g/mol. The van der Waals surface area contributed by atoms with Gasteiger partial charge in [-0.25, -0.2) is 4.79 Å². The summed E-state index contributed by atoms with van der Waals surface area (Å²) in [7, 11) is 0. The van der Waals surface area contributed by atoms with E-state index in [0.29, 0.717) is 0 Å². The van der Waals surface area contributed by atoms with E-state index in [-0.39, 0.29) is 12.6 Å². The number of aliphatic carboxylic acids is 1. The Hall–Kier alpha value is -4.48. The number of carboxylic acid groups (broad SMARTS) is 1. The topological polar surface area (TPSA) is 64.3 Å². The lowest BCUT2D eigenvalue weighted by Crippen LogP contribution is -2.34. The molecule has 200 valence electrons. The fraction of sp³-hybridized carbons (Fsp3) is 0.200. The highest BCUT2D eigenvalue weighted by Gasteiger charge is 2.29. The summed E-state index contributed by atoms with van der Waals surface area (Å²) in [5.74, 6) is -0.977. The third-order valence-electron chi connectivity index (χ3n) is 7.62. The van der Waals surface area contributed by atoms with E-state index in [1.165, 1.54) is 11.1 Å². The zero-order valence-electron chi connectivity index (χ0n) is 22.3. The van der Waals surface area contributed by atoms with Gasteiger partial charge in [-0.15, -0.1) is 0 Å². The molecule has 6 rings (SSSR count). The molecule has 0 amide bonds. The Morgan fingerprint density at radius 2 is 1.38 bits per heavy atom. The SMILES string of the molecule is O=C(O)C(Cn1nc(-c2ccccc2)c(-c2ccccc2)c1-c1ccccc1)OC1CCCc2ccccc2C1. The summed E-state index contributed by atoms with van der Waals surface area (Å²) in [5.41, 5.74) is 8.24. The van der Waals surface area contributed by atoms with E-state index in [0.717, 1.165) is 59.3 Å². The summed E-state index contributed by atoms with van der Waals surface area (Å²) in [6.45, 7) is 0.102. The Morgan fingerprint density at radius 3 is 2.02 bits per heavy atom. The maximum Gasteiger partial charge on any atom is 0.334 e. The van der Waals surface area contributed by atoms with Crippen LogP contribution in [-0.2, 0) is 28.9 Å². The predicted molar refractivity (Wildman–Crippen MR) is 158 cm³/mol. The minimum atomic E-state index is -1.04. The number of aryl methyl sites for hydroxylation is 1. The van der Waals surface area contributed by atoms with E-state index in [2.05, 4.69) is 30.3 Å². The second-order valence-corrected chi connectivity index (χ2v) is 10.3. The minimum Gasteiger partial charge on any atom is -0.479 e. The second-order valence-electron chi connectivity index (χ2n) is 10.3. The lowest BCUT2D eigenvalue weighted by atomic mass is 9.96. The van der Waals surface area contributed by atoms with E-state index in [1.807, 2.05) is 89.6 Å². The van der Waals surface area contributed by atoms with Crippen molar-refractivity contribution < 1.29 is 14.6 Å². The van der Waals surface area contributed by atoms with Gasteiger partial charge in [-0.05, 0) is 42.4 Å². The molecule has 0 spiro atoms. The number of fused-ring (bicyclic) bond motifs is 1. The van der Waals surface area contributed by atoms with Crippen LogP contribution in [0.3, 0.4) is 0 Å². The van der Waals surface area contributed by atoms with E-state index in [9.17, 15) is 9.90 Å².